The van der Waals surface area contributed by atoms with Gasteiger partial charge in [-0.05, 0) is 32.9 Å². The van der Waals surface area contributed by atoms with Crippen LogP contribution in [0.15, 0.2) is 24.5 Å². The molecule has 7 heteroatoms. The highest BCUT2D eigenvalue weighted by Crippen LogP contribution is 2.36. The largest absolute Gasteiger partial charge is 0.383 e. The van der Waals surface area contributed by atoms with Crippen molar-refractivity contribution >= 4 is 27.2 Å². The van der Waals surface area contributed by atoms with Gasteiger partial charge in [0.05, 0.1) is 21.8 Å². The van der Waals surface area contributed by atoms with E-state index in [2.05, 4.69) is 32.0 Å². The normalized spacial score (nSPS) is 11.9. The number of rotatable bonds is 6. The average Bonchev–Trinajstić information content (AvgIpc) is 2.97. The van der Waals surface area contributed by atoms with Gasteiger partial charge in [-0.15, -0.1) is 11.3 Å². The third kappa shape index (κ3) is 3.85. The second kappa shape index (κ2) is 7.26. The van der Waals surface area contributed by atoms with Crippen LogP contribution in [0.2, 0.25) is 0 Å². The van der Waals surface area contributed by atoms with Crippen molar-refractivity contribution in [2.24, 2.45) is 0 Å². The number of methoxy groups -OCH3 is 1. The second-order valence-electron chi connectivity index (χ2n) is 6.84. The molecule has 6 nitrogen and oxygen atoms in total. The molecule has 1 aromatic carbocycles. The molecule has 0 saturated heterocycles. The van der Waals surface area contributed by atoms with Gasteiger partial charge in [0.1, 0.15) is 5.60 Å². The maximum Gasteiger partial charge on any atom is 0.159 e. The minimum atomic E-state index is -1.06. The van der Waals surface area contributed by atoms with Crippen LogP contribution in [0.1, 0.15) is 24.7 Å². The van der Waals surface area contributed by atoms with Crippen molar-refractivity contribution in [3.05, 3.63) is 35.4 Å². The second-order valence-corrected chi connectivity index (χ2v) is 8.07. The van der Waals surface area contributed by atoms with Crippen LogP contribution < -0.4 is 4.90 Å². The summed E-state index contributed by atoms with van der Waals surface area (Å²) in [6.45, 7) is 6.78. The Morgan fingerprint density at radius 3 is 2.54 bits per heavy atom. The van der Waals surface area contributed by atoms with Crippen LogP contribution in [0, 0.1) is 6.92 Å². The average molecular weight is 372 g/mol. The first-order chi connectivity index (χ1) is 12.3. The lowest BCUT2D eigenvalue weighted by molar-refractivity contribution is 0.0687. The summed E-state index contributed by atoms with van der Waals surface area (Å²) < 4.78 is 6.37. The quantitative estimate of drug-likeness (QED) is 0.715. The van der Waals surface area contributed by atoms with Crippen LogP contribution in [0.4, 0.5) is 5.69 Å². The Bertz CT molecular complexity index is 900. The summed E-state index contributed by atoms with van der Waals surface area (Å²) in [5.74, 6) is 0.404. The highest BCUT2D eigenvalue weighted by molar-refractivity contribution is 7.18. The molecule has 2 heterocycles. The number of anilines is 1. The maximum absolute atomic E-state index is 10.1. The number of likely N-dealkylation sites (N-methyl/N-ethyl adjacent to an activating group) is 1. The fourth-order valence-electron chi connectivity index (χ4n) is 2.76. The molecule has 0 spiro atoms. The van der Waals surface area contributed by atoms with Gasteiger partial charge in [0.25, 0.3) is 0 Å². The molecule has 0 unspecified atom stereocenters. The molecule has 0 bridgehead atoms. The SMILES string of the molecule is COCCN(C)c1cc2sc(C)nc2cc1-c1cnc(C(C)(C)O)nc1. The topological polar surface area (TPSA) is 71.4 Å². The summed E-state index contributed by atoms with van der Waals surface area (Å²) in [4.78, 5) is 15.5. The van der Waals surface area contributed by atoms with Crippen LogP contribution in [-0.4, -0.2) is 47.4 Å². The van der Waals surface area contributed by atoms with E-state index in [0.29, 0.717) is 12.4 Å². The molecule has 0 saturated carbocycles. The van der Waals surface area contributed by atoms with E-state index in [9.17, 15) is 5.11 Å². The fourth-order valence-corrected chi connectivity index (χ4v) is 3.60. The van der Waals surface area contributed by atoms with Crippen molar-refractivity contribution in [2.75, 3.05) is 32.2 Å². The third-order valence-corrected chi connectivity index (χ3v) is 5.10. The molecule has 0 amide bonds. The molecule has 0 fully saturated rings. The van der Waals surface area contributed by atoms with Gasteiger partial charge in [-0.1, -0.05) is 0 Å². The number of aromatic nitrogens is 3. The fraction of sp³-hybridized carbons (Fsp3) is 0.421. The van der Waals surface area contributed by atoms with Gasteiger partial charge in [-0.25, -0.2) is 15.0 Å². The van der Waals surface area contributed by atoms with Crippen LogP contribution in [-0.2, 0) is 10.3 Å². The van der Waals surface area contributed by atoms with Crippen molar-refractivity contribution in [1.82, 2.24) is 15.0 Å². The van der Waals surface area contributed by atoms with Gasteiger partial charge in [0.15, 0.2) is 5.82 Å². The zero-order chi connectivity index (χ0) is 18.9. The van der Waals surface area contributed by atoms with E-state index in [0.717, 1.165) is 38.6 Å². The Balaban J connectivity index is 2.09. The zero-order valence-corrected chi connectivity index (χ0v) is 16.6. The molecule has 26 heavy (non-hydrogen) atoms. The predicted molar refractivity (Wildman–Crippen MR) is 106 cm³/mol. The Hall–Kier alpha value is -2.09. The Labute approximate surface area is 157 Å². The maximum atomic E-state index is 10.1. The molecule has 3 aromatic rings. The van der Waals surface area contributed by atoms with Crippen molar-refractivity contribution in [1.29, 1.82) is 0 Å². The standard InChI is InChI=1S/C19H24N4O2S/c1-12-22-15-8-14(13-10-20-18(21-11-13)19(2,3)24)16(9-17(15)26-12)23(4)6-7-25-5/h8-11,24H,6-7H2,1-5H3. The lowest BCUT2D eigenvalue weighted by Crippen LogP contribution is -2.22. The van der Waals surface area contributed by atoms with Gasteiger partial charge in [0.2, 0.25) is 0 Å². The van der Waals surface area contributed by atoms with Crippen molar-refractivity contribution in [3.63, 3.8) is 0 Å². The molecular formula is C19H24N4O2S. The first kappa shape index (κ1) is 18.7. The number of nitrogens with zero attached hydrogens (tertiary/aromatic N) is 4. The molecule has 0 aliphatic heterocycles. The van der Waals surface area contributed by atoms with Crippen LogP contribution in [0.25, 0.3) is 21.3 Å². The highest BCUT2D eigenvalue weighted by Gasteiger charge is 2.20. The first-order valence-electron chi connectivity index (χ1n) is 8.46. The van der Waals surface area contributed by atoms with Gasteiger partial charge in [0, 0.05) is 49.9 Å². The number of hydrogen-bond acceptors (Lipinski definition) is 7. The van der Waals surface area contributed by atoms with E-state index in [1.54, 1.807) is 44.7 Å². The van der Waals surface area contributed by atoms with Crippen molar-refractivity contribution in [3.8, 4) is 11.1 Å². The van der Waals surface area contributed by atoms with Gasteiger partial charge >= 0.3 is 0 Å². The molecule has 0 aliphatic carbocycles. The lowest BCUT2D eigenvalue weighted by atomic mass is 10.0. The summed E-state index contributed by atoms with van der Waals surface area (Å²) in [5.41, 5.74) is 2.90. The molecule has 2 aromatic heterocycles. The number of thiazole rings is 1. The zero-order valence-electron chi connectivity index (χ0n) is 15.8. The first-order valence-corrected chi connectivity index (χ1v) is 9.28. The number of aryl methyl sites for hydroxylation is 1. The summed E-state index contributed by atoms with van der Waals surface area (Å²) in [6.07, 6.45) is 3.52. The van der Waals surface area contributed by atoms with Crippen LogP contribution >= 0.6 is 11.3 Å². The third-order valence-electron chi connectivity index (χ3n) is 4.16. The molecule has 0 aliphatic rings. The lowest BCUT2D eigenvalue weighted by Gasteiger charge is -2.22. The van der Waals surface area contributed by atoms with Crippen LogP contribution in [0.3, 0.4) is 0 Å². The molecule has 0 atom stereocenters. The van der Waals surface area contributed by atoms with E-state index in [-0.39, 0.29) is 0 Å². The Morgan fingerprint density at radius 2 is 1.92 bits per heavy atom. The van der Waals surface area contributed by atoms with E-state index in [1.807, 2.05) is 14.0 Å². The van der Waals surface area contributed by atoms with Crippen molar-refractivity contribution in [2.45, 2.75) is 26.4 Å². The molecule has 1 N–H and O–H groups in total. The Morgan fingerprint density at radius 1 is 1.23 bits per heavy atom. The van der Waals surface area contributed by atoms with E-state index in [4.69, 9.17) is 4.74 Å². The summed E-state index contributed by atoms with van der Waals surface area (Å²) >= 11 is 1.68. The van der Waals surface area contributed by atoms with E-state index >= 15 is 0 Å². The van der Waals surface area contributed by atoms with E-state index in [1.165, 1.54) is 0 Å². The molecular weight excluding hydrogens is 348 g/mol. The minimum Gasteiger partial charge on any atom is -0.383 e. The van der Waals surface area contributed by atoms with Crippen LogP contribution in [0.5, 0.6) is 0 Å². The summed E-state index contributed by atoms with van der Waals surface area (Å²) in [5, 5.41) is 11.1. The van der Waals surface area contributed by atoms with E-state index < -0.39 is 5.60 Å². The number of hydrogen-bond donors (Lipinski definition) is 1. The van der Waals surface area contributed by atoms with Gasteiger partial charge in [-0.2, -0.15) is 0 Å². The smallest absolute Gasteiger partial charge is 0.159 e. The molecule has 0 radical (unpaired) electrons. The summed E-state index contributed by atoms with van der Waals surface area (Å²) in [7, 11) is 3.75. The predicted octanol–water partition coefficient (Wildman–Crippen LogP) is 3.37. The van der Waals surface area contributed by atoms with Gasteiger partial charge < -0.3 is 14.7 Å². The highest BCUT2D eigenvalue weighted by atomic mass is 32.1. The number of benzene rings is 1. The Kier molecular flexibility index (Phi) is 5.22. The molecule has 138 valence electrons. The van der Waals surface area contributed by atoms with Crippen molar-refractivity contribution < 1.29 is 9.84 Å². The number of ether oxygens (including phenoxy) is 1. The van der Waals surface area contributed by atoms with Gasteiger partial charge in [-0.3, -0.25) is 0 Å². The monoisotopic (exact) mass is 372 g/mol. The molecule has 3 rings (SSSR count). The number of fused-ring (bicyclic) bond motifs is 1. The summed E-state index contributed by atoms with van der Waals surface area (Å²) in [6, 6.07) is 4.24. The minimum absolute atomic E-state index is 0.404. The number of aliphatic hydroxyl groups is 1.